The molecule has 2 aromatic heterocycles. The fourth-order valence-corrected chi connectivity index (χ4v) is 5.88. The molecule has 0 radical (unpaired) electrons. The number of benzene rings is 1. The summed E-state index contributed by atoms with van der Waals surface area (Å²) < 4.78 is 48.0. The summed E-state index contributed by atoms with van der Waals surface area (Å²) in [6, 6.07) is 11.6. The first-order valence-electron chi connectivity index (χ1n) is 12.6. The van der Waals surface area contributed by atoms with E-state index in [0.717, 1.165) is 12.8 Å². The molecule has 9 nitrogen and oxygen atoms in total. The number of amides is 1. The van der Waals surface area contributed by atoms with Crippen molar-refractivity contribution in [2.75, 3.05) is 30.3 Å². The van der Waals surface area contributed by atoms with Gasteiger partial charge in [0.05, 0.1) is 17.9 Å². The molecular formula is C27H36FN5O4S. The van der Waals surface area contributed by atoms with Crippen molar-refractivity contribution in [2.24, 2.45) is 17.8 Å². The number of halogens is 1. The number of carbonyl (C=O) groups is 1. The van der Waals surface area contributed by atoms with Crippen LogP contribution >= 0.6 is 0 Å². The van der Waals surface area contributed by atoms with Crippen LogP contribution in [0.1, 0.15) is 41.3 Å². The summed E-state index contributed by atoms with van der Waals surface area (Å²) in [6.07, 6.45) is 2.27. The molecule has 0 atom stereocenters. The molecule has 206 valence electrons. The number of pyridine rings is 2. The normalized spacial score (nSPS) is 18.7. The third-order valence-electron chi connectivity index (χ3n) is 6.71. The lowest BCUT2D eigenvalue weighted by Gasteiger charge is -2.48. The average molecular weight is 546 g/mol. The minimum atomic E-state index is -4.27. The Balaban J connectivity index is 0.00000196. The van der Waals surface area contributed by atoms with Gasteiger partial charge in [-0.2, -0.15) is 8.42 Å². The summed E-state index contributed by atoms with van der Waals surface area (Å²) in [7, 11) is -4.27. The third kappa shape index (κ3) is 5.57. The van der Waals surface area contributed by atoms with Gasteiger partial charge in [0.1, 0.15) is 23.2 Å². The molecule has 0 unspecified atom stereocenters. The van der Waals surface area contributed by atoms with Crippen LogP contribution in [0.2, 0.25) is 0 Å². The van der Waals surface area contributed by atoms with E-state index in [2.05, 4.69) is 9.71 Å². The van der Waals surface area contributed by atoms with Gasteiger partial charge < -0.3 is 15.4 Å². The number of nitrogens with two attached hydrogens (primary N) is 1. The summed E-state index contributed by atoms with van der Waals surface area (Å²) in [5, 5.41) is -0.357. The van der Waals surface area contributed by atoms with Crippen LogP contribution in [0.4, 0.5) is 16.0 Å². The van der Waals surface area contributed by atoms with E-state index in [1.165, 1.54) is 36.4 Å². The average Bonchev–Trinajstić information content (AvgIpc) is 2.86. The highest BCUT2D eigenvalue weighted by molar-refractivity contribution is 7.90. The molecule has 0 spiro atoms. The summed E-state index contributed by atoms with van der Waals surface area (Å²) in [5.74, 6) is 0.744. The molecule has 3 aromatic rings. The molecule has 2 bridgehead atoms. The number of piperidine rings is 2. The Morgan fingerprint density at radius 3 is 2.58 bits per heavy atom. The van der Waals surface area contributed by atoms with Crippen LogP contribution in [-0.2, 0) is 10.0 Å². The lowest BCUT2D eigenvalue weighted by atomic mass is 9.71. The van der Waals surface area contributed by atoms with E-state index in [1.54, 1.807) is 12.1 Å². The maximum Gasteiger partial charge on any atom is 0.281 e. The van der Waals surface area contributed by atoms with Gasteiger partial charge in [0.15, 0.2) is 5.03 Å². The van der Waals surface area contributed by atoms with Crippen LogP contribution in [-0.4, -0.2) is 44.0 Å². The molecule has 1 amide bonds. The van der Waals surface area contributed by atoms with Crippen molar-refractivity contribution in [3.05, 3.63) is 59.9 Å². The standard InChI is InChI=1S/C27H30FN5O4S.3H2/c1-16(2)15-37-21-11-19(10-20(28)12-21)23-7-6-22(26(30-23)33-13-17-8-18(9-17)14-33)27(34)32-38(35,36)25-5-3-4-24(29)31-25;;;/h3-7,10-12,16-18H,8-9,13-15H2,1-2H3,(H2,29,31)(H,32,34);3*1H. The highest BCUT2D eigenvalue weighted by Crippen LogP contribution is 2.42. The zero-order valence-electron chi connectivity index (χ0n) is 21.2. The van der Waals surface area contributed by atoms with Gasteiger partial charge >= 0.3 is 0 Å². The number of aromatic nitrogens is 2. The van der Waals surface area contributed by atoms with Crippen LogP contribution in [0.15, 0.2) is 53.6 Å². The minimum Gasteiger partial charge on any atom is -0.493 e. The molecule has 1 saturated carbocycles. The fourth-order valence-electron chi connectivity index (χ4n) is 4.94. The summed E-state index contributed by atoms with van der Waals surface area (Å²) >= 11 is 0. The maximum absolute atomic E-state index is 14.5. The van der Waals surface area contributed by atoms with Crippen molar-refractivity contribution < 1.29 is 26.6 Å². The predicted molar refractivity (Wildman–Crippen MR) is 148 cm³/mol. The number of hydrogen-bond acceptors (Lipinski definition) is 8. The number of anilines is 2. The maximum atomic E-state index is 14.5. The Morgan fingerprint density at radius 1 is 1.16 bits per heavy atom. The number of nitrogens with zero attached hydrogens (tertiary/aromatic N) is 3. The third-order valence-corrected chi connectivity index (χ3v) is 7.94. The smallest absolute Gasteiger partial charge is 0.281 e. The van der Waals surface area contributed by atoms with Crippen LogP contribution < -0.4 is 20.1 Å². The summed E-state index contributed by atoms with van der Waals surface area (Å²) in [4.78, 5) is 23.9. The number of rotatable bonds is 8. The van der Waals surface area contributed by atoms with Gasteiger partial charge in [-0.15, -0.1) is 0 Å². The van der Waals surface area contributed by atoms with E-state index >= 15 is 0 Å². The molecule has 3 fully saturated rings. The van der Waals surface area contributed by atoms with Crippen molar-refractivity contribution in [1.82, 2.24) is 14.7 Å². The Kier molecular flexibility index (Phi) is 6.95. The second kappa shape index (κ2) is 10.2. The zero-order chi connectivity index (χ0) is 27.0. The Morgan fingerprint density at radius 2 is 1.89 bits per heavy atom. The first-order valence-corrected chi connectivity index (χ1v) is 14.0. The molecule has 3 N–H and O–H groups in total. The highest BCUT2D eigenvalue weighted by atomic mass is 32.2. The van der Waals surface area contributed by atoms with Crippen LogP contribution in [0.3, 0.4) is 0 Å². The Hall–Kier alpha value is -3.73. The zero-order valence-corrected chi connectivity index (χ0v) is 22.0. The first-order chi connectivity index (χ1) is 18.1. The second-order valence-electron chi connectivity index (χ2n) is 10.4. The van der Waals surface area contributed by atoms with Gasteiger partial charge in [0.25, 0.3) is 15.9 Å². The molecule has 4 heterocycles. The number of ether oxygens (including phenoxy) is 1. The van der Waals surface area contributed by atoms with E-state index < -0.39 is 21.7 Å². The van der Waals surface area contributed by atoms with Gasteiger partial charge in [-0.1, -0.05) is 19.9 Å². The van der Waals surface area contributed by atoms with Crippen LogP contribution in [0, 0.1) is 23.6 Å². The van der Waals surface area contributed by atoms with E-state index in [0.29, 0.717) is 54.4 Å². The number of sulfonamides is 1. The van der Waals surface area contributed by atoms with Crippen molar-refractivity contribution in [1.29, 1.82) is 0 Å². The first kappa shape index (κ1) is 25.9. The number of carbonyl (C=O) groups excluding carboxylic acids is 1. The summed E-state index contributed by atoms with van der Waals surface area (Å²) in [6.45, 7) is 5.87. The topological polar surface area (TPSA) is 128 Å². The van der Waals surface area contributed by atoms with Gasteiger partial charge in [-0.25, -0.2) is 19.1 Å². The lowest BCUT2D eigenvalue weighted by molar-refractivity contribution is 0.0980. The number of nitrogens with one attached hydrogen (secondary N) is 1. The molecule has 2 aliphatic heterocycles. The molecule has 1 aliphatic carbocycles. The van der Waals surface area contributed by atoms with E-state index in [-0.39, 0.29) is 26.6 Å². The van der Waals surface area contributed by atoms with Crippen LogP contribution in [0.5, 0.6) is 5.75 Å². The Bertz CT molecular complexity index is 1480. The monoisotopic (exact) mass is 545 g/mol. The highest BCUT2D eigenvalue weighted by Gasteiger charge is 2.39. The number of fused-ring (bicyclic) bond motifs is 2. The van der Waals surface area contributed by atoms with Crippen molar-refractivity contribution in [3.8, 4) is 17.0 Å². The van der Waals surface area contributed by atoms with Gasteiger partial charge in [-0.3, -0.25) is 4.79 Å². The van der Waals surface area contributed by atoms with Gasteiger partial charge in [0, 0.05) is 29.0 Å². The number of nitrogen functional groups attached to an aromatic ring is 1. The van der Waals surface area contributed by atoms with Gasteiger partial charge in [0.2, 0.25) is 0 Å². The van der Waals surface area contributed by atoms with E-state index in [4.69, 9.17) is 15.5 Å². The lowest BCUT2D eigenvalue weighted by Crippen LogP contribution is -2.49. The molecular weight excluding hydrogens is 509 g/mol. The minimum absolute atomic E-state index is 0. The predicted octanol–water partition coefficient (Wildman–Crippen LogP) is 4.60. The van der Waals surface area contributed by atoms with E-state index in [9.17, 15) is 17.6 Å². The second-order valence-corrected chi connectivity index (χ2v) is 12.0. The molecule has 1 aromatic carbocycles. The number of hydrogen-bond donors (Lipinski definition) is 2. The van der Waals surface area contributed by atoms with Gasteiger partial charge in [-0.05, 0) is 67.0 Å². The summed E-state index contributed by atoms with van der Waals surface area (Å²) in [5.41, 5.74) is 6.67. The largest absolute Gasteiger partial charge is 0.493 e. The molecule has 11 heteroatoms. The molecule has 6 rings (SSSR count). The molecule has 38 heavy (non-hydrogen) atoms. The Labute approximate surface area is 225 Å². The molecule has 2 saturated heterocycles. The molecule has 3 aliphatic rings. The van der Waals surface area contributed by atoms with Crippen molar-refractivity contribution >= 4 is 27.6 Å². The van der Waals surface area contributed by atoms with Crippen LogP contribution in [0.25, 0.3) is 11.3 Å². The van der Waals surface area contributed by atoms with E-state index in [1.807, 2.05) is 18.7 Å². The SMILES string of the molecule is CC(C)COc1cc(F)cc(-c2ccc(C(=O)NS(=O)(=O)c3cccc(N)n3)c(N3CC4CC(C4)C3)n2)c1.[HH].[HH].[HH]. The quantitative estimate of drug-likeness (QED) is 0.420. The fraction of sp³-hybridized carbons (Fsp3) is 0.370. The van der Waals surface area contributed by atoms with Crippen molar-refractivity contribution in [3.63, 3.8) is 0 Å². The van der Waals surface area contributed by atoms with Crippen molar-refractivity contribution in [2.45, 2.75) is 31.7 Å².